The van der Waals surface area contributed by atoms with Gasteiger partial charge in [0.25, 0.3) is 6.43 Å². The van der Waals surface area contributed by atoms with Crippen LogP contribution >= 0.6 is 0 Å². The second kappa shape index (κ2) is 9.17. The second-order valence-corrected chi connectivity index (χ2v) is 8.17. The lowest BCUT2D eigenvalue weighted by Gasteiger charge is -2.20. The second-order valence-electron chi connectivity index (χ2n) is 8.17. The number of rotatable bonds is 6. The quantitative estimate of drug-likeness (QED) is 0.484. The number of fused-ring (bicyclic) bond motifs is 1. The van der Waals surface area contributed by atoms with Gasteiger partial charge in [0.05, 0.1) is 22.9 Å². The minimum Gasteiger partial charge on any atom is -0.481 e. The number of carbonyl (C=O) groups is 1. The molecular weight excluding hydrogens is 433 g/mol. The van der Waals surface area contributed by atoms with Gasteiger partial charge in [-0.15, -0.1) is 0 Å². The molecule has 0 aliphatic heterocycles. The monoisotopic (exact) mass is 456 g/mol. The van der Waals surface area contributed by atoms with Gasteiger partial charge in [0.15, 0.2) is 5.65 Å². The lowest BCUT2D eigenvalue weighted by atomic mass is 9.87. The first-order valence-corrected chi connectivity index (χ1v) is 10.6. The Balaban J connectivity index is 1.69. The van der Waals surface area contributed by atoms with Crippen molar-refractivity contribution in [3.05, 3.63) is 64.9 Å². The van der Waals surface area contributed by atoms with E-state index in [-0.39, 0.29) is 11.5 Å². The Kier molecular flexibility index (Phi) is 6.31. The van der Waals surface area contributed by atoms with E-state index in [2.05, 4.69) is 20.3 Å². The first kappa shape index (κ1) is 22.7. The number of hydrogen-bond donors (Lipinski definition) is 2. The van der Waals surface area contributed by atoms with Crippen LogP contribution in [0.3, 0.4) is 0 Å². The summed E-state index contributed by atoms with van der Waals surface area (Å²) in [7, 11) is 0. The van der Waals surface area contributed by atoms with Crippen molar-refractivity contribution in [3.8, 4) is 0 Å². The highest BCUT2D eigenvalue weighted by molar-refractivity contribution is 5.89. The van der Waals surface area contributed by atoms with Gasteiger partial charge in [-0.05, 0) is 50.3 Å². The Morgan fingerprint density at radius 2 is 2.00 bits per heavy atom. The molecule has 1 aliphatic rings. The number of anilines is 1. The van der Waals surface area contributed by atoms with Gasteiger partial charge in [-0.3, -0.25) is 4.79 Å². The third-order valence-corrected chi connectivity index (χ3v) is 5.91. The van der Waals surface area contributed by atoms with Crippen molar-refractivity contribution in [2.45, 2.75) is 45.6 Å². The van der Waals surface area contributed by atoms with Gasteiger partial charge >= 0.3 is 5.97 Å². The number of pyridine rings is 1. The standard InChI is InChI=1S/C24H23F3N4O2/c1-12(17-4-3-5-18(20(17)25)21(26)27)29-23-19-10-16(11-28-22(19)30-13(2)31-23)14-6-8-15(9-7-14)24(32)33/h3-6,10-12,15,21H,7-9H2,1-2H3,(H,32,33)(H,28,29,30,31)/t12-,15?/m1/s1. The maximum Gasteiger partial charge on any atom is 0.306 e. The van der Waals surface area contributed by atoms with Gasteiger partial charge in [-0.25, -0.2) is 28.1 Å². The molecule has 1 aliphatic carbocycles. The average molecular weight is 456 g/mol. The van der Waals surface area contributed by atoms with E-state index in [9.17, 15) is 23.1 Å². The third kappa shape index (κ3) is 4.67. The predicted molar refractivity (Wildman–Crippen MR) is 118 cm³/mol. The number of aryl methyl sites for hydroxylation is 1. The number of aromatic nitrogens is 3. The molecular formula is C24H23F3N4O2. The normalized spacial score (nSPS) is 17.2. The summed E-state index contributed by atoms with van der Waals surface area (Å²) in [5, 5.41) is 12.9. The number of alkyl halides is 2. The van der Waals surface area contributed by atoms with E-state index in [0.717, 1.165) is 17.2 Å². The van der Waals surface area contributed by atoms with Crippen LogP contribution in [0.4, 0.5) is 19.0 Å². The predicted octanol–water partition coefficient (Wildman–Crippen LogP) is 5.85. The molecule has 1 unspecified atom stereocenters. The molecule has 2 heterocycles. The SMILES string of the molecule is Cc1nc(N[C@H](C)c2cccc(C(F)F)c2F)c2cc(C3=CCC(C(=O)O)CC3)cnc2n1. The van der Waals surface area contributed by atoms with Gasteiger partial charge in [0.1, 0.15) is 17.5 Å². The summed E-state index contributed by atoms with van der Waals surface area (Å²) in [4.78, 5) is 24.5. The van der Waals surface area contributed by atoms with Crippen LogP contribution in [0.25, 0.3) is 16.6 Å². The highest BCUT2D eigenvalue weighted by Gasteiger charge is 2.23. The molecule has 172 valence electrons. The van der Waals surface area contributed by atoms with E-state index in [1.54, 1.807) is 20.0 Å². The number of aliphatic carboxylic acids is 1. The molecule has 2 N–H and O–H groups in total. The molecule has 0 bridgehead atoms. The summed E-state index contributed by atoms with van der Waals surface area (Å²) in [6, 6.07) is 5.17. The fourth-order valence-electron chi connectivity index (χ4n) is 4.08. The molecule has 0 saturated heterocycles. The van der Waals surface area contributed by atoms with Crippen molar-refractivity contribution in [2.24, 2.45) is 5.92 Å². The number of carboxylic acids is 1. The molecule has 4 rings (SSSR count). The zero-order valence-corrected chi connectivity index (χ0v) is 18.1. The van der Waals surface area contributed by atoms with E-state index >= 15 is 0 Å². The number of nitrogens with zero attached hydrogens (tertiary/aromatic N) is 3. The number of halogens is 3. The summed E-state index contributed by atoms with van der Waals surface area (Å²) in [5.74, 6) is -1.25. The molecule has 0 saturated carbocycles. The van der Waals surface area contributed by atoms with E-state index < -0.39 is 29.8 Å². The lowest BCUT2D eigenvalue weighted by molar-refractivity contribution is -0.141. The van der Waals surface area contributed by atoms with Crippen LogP contribution < -0.4 is 5.32 Å². The Morgan fingerprint density at radius 3 is 2.67 bits per heavy atom. The van der Waals surface area contributed by atoms with Crippen molar-refractivity contribution in [3.63, 3.8) is 0 Å². The highest BCUT2D eigenvalue weighted by Crippen LogP contribution is 2.33. The molecule has 33 heavy (non-hydrogen) atoms. The maximum atomic E-state index is 14.7. The van der Waals surface area contributed by atoms with Crippen molar-refractivity contribution in [2.75, 3.05) is 5.32 Å². The van der Waals surface area contributed by atoms with Crippen LogP contribution in [0.2, 0.25) is 0 Å². The summed E-state index contributed by atoms with van der Waals surface area (Å²) in [6.07, 6.45) is 2.32. The number of benzene rings is 1. The van der Waals surface area contributed by atoms with Crippen LogP contribution in [0.5, 0.6) is 0 Å². The molecule has 9 heteroatoms. The maximum absolute atomic E-state index is 14.7. The topological polar surface area (TPSA) is 88.0 Å². The van der Waals surface area contributed by atoms with Crippen LogP contribution in [0.15, 0.2) is 36.5 Å². The molecule has 0 amide bonds. The number of carboxylic acid groups (broad SMARTS) is 1. The van der Waals surface area contributed by atoms with Crippen LogP contribution in [-0.2, 0) is 4.79 Å². The van der Waals surface area contributed by atoms with E-state index in [4.69, 9.17) is 0 Å². The Hall–Kier alpha value is -3.49. The molecule has 2 aromatic heterocycles. The zero-order valence-electron chi connectivity index (χ0n) is 18.1. The van der Waals surface area contributed by atoms with Crippen LogP contribution in [0.1, 0.15) is 61.2 Å². The fraction of sp³-hybridized carbons (Fsp3) is 0.333. The Labute approximate surface area is 188 Å². The van der Waals surface area contributed by atoms with Gasteiger partial charge in [0.2, 0.25) is 0 Å². The summed E-state index contributed by atoms with van der Waals surface area (Å²) in [5.41, 5.74) is 1.74. The van der Waals surface area contributed by atoms with Gasteiger partial charge in [-0.1, -0.05) is 24.3 Å². The number of hydrogen-bond acceptors (Lipinski definition) is 5. The number of nitrogens with one attached hydrogen (secondary N) is 1. The molecule has 0 fully saturated rings. The minimum atomic E-state index is -2.91. The van der Waals surface area contributed by atoms with Crippen molar-refractivity contribution < 1.29 is 23.1 Å². The van der Waals surface area contributed by atoms with E-state index in [1.165, 1.54) is 12.1 Å². The van der Waals surface area contributed by atoms with Gasteiger partial charge in [0, 0.05) is 11.8 Å². The van der Waals surface area contributed by atoms with Crippen molar-refractivity contribution >= 4 is 28.4 Å². The highest BCUT2D eigenvalue weighted by atomic mass is 19.3. The van der Waals surface area contributed by atoms with Crippen molar-refractivity contribution in [1.29, 1.82) is 0 Å². The minimum absolute atomic E-state index is 0.107. The molecule has 2 atom stereocenters. The van der Waals surface area contributed by atoms with Gasteiger partial charge < -0.3 is 10.4 Å². The zero-order chi connectivity index (χ0) is 23.7. The number of allylic oxidation sites excluding steroid dienone is 2. The molecule has 6 nitrogen and oxygen atoms in total. The van der Waals surface area contributed by atoms with E-state index in [1.807, 2.05) is 12.1 Å². The fourth-order valence-corrected chi connectivity index (χ4v) is 4.08. The molecule has 0 spiro atoms. The summed E-state index contributed by atoms with van der Waals surface area (Å²) in [6.45, 7) is 3.38. The van der Waals surface area contributed by atoms with Crippen LogP contribution in [-0.4, -0.2) is 26.0 Å². The van der Waals surface area contributed by atoms with Gasteiger partial charge in [-0.2, -0.15) is 0 Å². The largest absolute Gasteiger partial charge is 0.481 e. The van der Waals surface area contributed by atoms with E-state index in [0.29, 0.717) is 41.9 Å². The summed E-state index contributed by atoms with van der Waals surface area (Å²) >= 11 is 0. The summed E-state index contributed by atoms with van der Waals surface area (Å²) < 4.78 is 40.9. The van der Waals surface area contributed by atoms with Crippen LogP contribution in [0, 0.1) is 18.7 Å². The Morgan fingerprint density at radius 1 is 1.24 bits per heavy atom. The molecule has 1 aromatic carbocycles. The molecule has 0 radical (unpaired) electrons. The lowest BCUT2D eigenvalue weighted by Crippen LogP contribution is -2.15. The third-order valence-electron chi connectivity index (χ3n) is 5.91. The average Bonchev–Trinajstić information content (AvgIpc) is 2.78. The smallest absolute Gasteiger partial charge is 0.306 e. The first-order valence-electron chi connectivity index (χ1n) is 10.6. The molecule has 3 aromatic rings. The first-order chi connectivity index (χ1) is 15.7. The Bertz CT molecular complexity index is 1250. The van der Waals surface area contributed by atoms with Crippen molar-refractivity contribution in [1.82, 2.24) is 15.0 Å².